The first-order valence-corrected chi connectivity index (χ1v) is 5.25. The van der Waals surface area contributed by atoms with E-state index in [1.54, 1.807) is 0 Å². The molecule has 0 unspecified atom stereocenters. The van der Waals surface area contributed by atoms with Gasteiger partial charge < -0.3 is 5.32 Å². The Labute approximate surface area is 66.0 Å². The van der Waals surface area contributed by atoms with Gasteiger partial charge in [-0.1, -0.05) is 20.3 Å². The number of nitrogens with one attached hydrogen (secondary N) is 1. The van der Waals surface area contributed by atoms with E-state index in [0.717, 1.165) is 6.54 Å². The summed E-state index contributed by atoms with van der Waals surface area (Å²) in [6, 6.07) is 0. The van der Waals surface area contributed by atoms with Crippen LogP contribution in [-0.2, 0) is 0 Å². The Hall–Kier alpha value is 0.130. The standard InChI is InChI=1S/C8H18NP/c1-3-5-6-9-7-8-10-4-2/h8-9H,3-7H2,1-2H3. The molecule has 10 heavy (non-hydrogen) atoms. The average molecular weight is 159 g/mol. The van der Waals surface area contributed by atoms with Crippen LogP contribution in [-0.4, -0.2) is 25.0 Å². The lowest BCUT2D eigenvalue weighted by Crippen LogP contribution is -2.16. The summed E-state index contributed by atoms with van der Waals surface area (Å²) in [5, 5.41) is 3.36. The van der Waals surface area contributed by atoms with Crippen LogP contribution in [0, 0.1) is 0 Å². The predicted molar refractivity (Wildman–Crippen MR) is 51.3 cm³/mol. The highest BCUT2D eigenvalue weighted by molar-refractivity contribution is 7.38. The van der Waals surface area contributed by atoms with E-state index in [4.69, 9.17) is 0 Å². The van der Waals surface area contributed by atoms with Gasteiger partial charge in [-0.15, -0.1) is 8.20 Å². The molecule has 0 heterocycles. The van der Waals surface area contributed by atoms with Crippen molar-refractivity contribution in [3.05, 3.63) is 0 Å². The zero-order valence-electron chi connectivity index (χ0n) is 7.06. The quantitative estimate of drug-likeness (QED) is 0.462. The van der Waals surface area contributed by atoms with Gasteiger partial charge >= 0.3 is 0 Å². The summed E-state index contributed by atoms with van der Waals surface area (Å²) in [6.45, 7) is 6.67. The Bertz CT molecular complexity index is 81.3. The van der Waals surface area contributed by atoms with Crippen LogP contribution in [0.4, 0.5) is 0 Å². The second kappa shape index (κ2) is 9.13. The summed E-state index contributed by atoms with van der Waals surface area (Å²) in [7, 11) is 1.46. The van der Waals surface area contributed by atoms with E-state index in [-0.39, 0.29) is 0 Å². The van der Waals surface area contributed by atoms with E-state index >= 15 is 0 Å². The maximum absolute atomic E-state index is 3.36. The highest BCUT2D eigenvalue weighted by Gasteiger charge is 1.80. The van der Waals surface area contributed by atoms with Crippen molar-refractivity contribution in [1.29, 1.82) is 0 Å². The van der Waals surface area contributed by atoms with Crippen molar-refractivity contribution in [1.82, 2.24) is 5.32 Å². The maximum Gasteiger partial charge on any atom is 0.0177 e. The summed E-state index contributed by atoms with van der Waals surface area (Å²) in [5.74, 6) is 2.29. The van der Waals surface area contributed by atoms with Crippen LogP contribution < -0.4 is 5.32 Å². The lowest BCUT2D eigenvalue weighted by Gasteiger charge is -1.96. The van der Waals surface area contributed by atoms with Gasteiger partial charge in [-0.3, -0.25) is 0 Å². The molecule has 0 amide bonds. The molecule has 0 atom stereocenters. The Morgan fingerprint density at radius 2 is 2.20 bits per heavy atom. The van der Waals surface area contributed by atoms with Crippen LogP contribution in [0.15, 0.2) is 0 Å². The van der Waals surface area contributed by atoms with Gasteiger partial charge in [0.05, 0.1) is 0 Å². The highest BCUT2D eigenvalue weighted by Crippen LogP contribution is 1.88. The molecule has 0 saturated carbocycles. The van der Waals surface area contributed by atoms with Crippen molar-refractivity contribution in [3.63, 3.8) is 0 Å². The largest absolute Gasteiger partial charge is 0.313 e. The molecule has 0 aromatic rings. The fraction of sp³-hybridized carbons (Fsp3) is 0.875. The van der Waals surface area contributed by atoms with Gasteiger partial charge in [0.25, 0.3) is 0 Å². The molecule has 0 aliphatic carbocycles. The minimum atomic E-state index is 1.08. The summed E-state index contributed by atoms with van der Waals surface area (Å²) in [5.41, 5.74) is 0. The summed E-state index contributed by atoms with van der Waals surface area (Å²) in [4.78, 5) is 0. The van der Waals surface area contributed by atoms with Crippen molar-refractivity contribution in [2.75, 3.05) is 19.3 Å². The third kappa shape index (κ3) is 8.13. The van der Waals surface area contributed by atoms with E-state index in [9.17, 15) is 0 Å². The molecular weight excluding hydrogens is 141 g/mol. The Balaban J connectivity index is 2.83. The zero-order valence-corrected chi connectivity index (χ0v) is 7.95. The van der Waals surface area contributed by atoms with E-state index in [2.05, 4.69) is 25.0 Å². The predicted octanol–water partition coefficient (Wildman–Crippen LogP) is 2.14. The summed E-state index contributed by atoms with van der Waals surface area (Å²) in [6.07, 6.45) is 3.84. The first-order chi connectivity index (χ1) is 4.91. The van der Waals surface area contributed by atoms with Crippen LogP contribution in [0.3, 0.4) is 0 Å². The minimum Gasteiger partial charge on any atom is -0.313 e. The van der Waals surface area contributed by atoms with Crippen LogP contribution >= 0.6 is 8.20 Å². The van der Waals surface area contributed by atoms with Gasteiger partial charge in [0.1, 0.15) is 0 Å². The lowest BCUT2D eigenvalue weighted by atomic mass is 10.3. The molecule has 0 aromatic heterocycles. The molecule has 0 aliphatic heterocycles. The van der Waals surface area contributed by atoms with Gasteiger partial charge in [-0.2, -0.15) is 0 Å². The molecular formula is C8H18NP. The molecule has 0 radical (unpaired) electrons. The van der Waals surface area contributed by atoms with Gasteiger partial charge in [0.2, 0.25) is 0 Å². The molecule has 0 bridgehead atoms. The van der Waals surface area contributed by atoms with Crippen LogP contribution in [0.25, 0.3) is 0 Å². The van der Waals surface area contributed by atoms with E-state index in [1.165, 1.54) is 33.8 Å². The van der Waals surface area contributed by atoms with Crippen LogP contribution in [0.2, 0.25) is 0 Å². The third-order valence-electron chi connectivity index (χ3n) is 1.25. The number of hydrogen-bond acceptors (Lipinski definition) is 1. The molecule has 0 aliphatic rings. The van der Waals surface area contributed by atoms with Crippen molar-refractivity contribution in [2.45, 2.75) is 26.7 Å². The van der Waals surface area contributed by atoms with E-state index in [1.807, 2.05) is 0 Å². The highest BCUT2D eigenvalue weighted by atomic mass is 31.1. The fourth-order valence-corrected chi connectivity index (χ4v) is 1.18. The number of rotatable bonds is 6. The third-order valence-corrected chi connectivity index (χ3v) is 2.06. The maximum atomic E-state index is 3.36. The summed E-state index contributed by atoms with van der Waals surface area (Å²) < 4.78 is 0. The fourth-order valence-electron chi connectivity index (χ4n) is 0.662. The lowest BCUT2D eigenvalue weighted by molar-refractivity contribution is 0.694. The normalized spacial score (nSPS) is 11.0. The molecule has 0 rings (SSSR count). The number of hydrogen-bond donors (Lipinski definition) is 1. The van der Waals surface area contributed by atoms with Gasteiger partial charge in [0.15, 0.2) is 0 Å². The summed E-state index contributed by atoms with van der Waals surface area (Å²) >= 11 is 0. The van der Waals surface area contributed by atoms with Crippen LogP contribution in [0.5, 0.6) is 0 Å². The van der Waals surface area contributed by atoms with Crippen molar-refractivity contribution in [3.8, 4) is 0 Å². The second-order valence-electron chi connectivity index (χ2n) is 2.24. The van der Waals surface area contributed by atoms with E-state index in [0.29, 0.717) is 0 Å². The molecule has 0 spiro atoms. The zero-order chi connectivity index (χ0) is 7.66. The average Bonchev–Trinajstić information content (AvgIpc) is 1.97. The SMILES string of the molecule is CCCCNC/C=P\CC. The molecule has 1 nitrogen and oxygen atoms in total. The van der Waals surface area contributed by atoms with Gasteiger partial charge in [-0.05, 0) is 24.9 Å². The first-order valence-electron chi connectivity index (χ1n) is 4.10. The molecule has 60 valence electrons. The molecule has 1 N–H and O–H groups in total. The van der Waals surface area contributed by atoms with Crippen LogP contribution in [0.1, 0.15) is 26.7 Å². The van der Waals surface area contributed by atoms with Gasteiger partial charge in [0, 0.05) is 6.54 Å². The molecule has 0 fully saturated rings. The second-order valence-corrected chi connectivity index (χ2v) is 3.60. The Morgan fingerprint density at radius 1 is 1.40 bits per heavy atom. The van der Waals surface area contributed by atoms with E-state index < -0.39 is 0 Å². The smallest absolute Gasteiger partial charge is 0.0177 e. The van der Waals surface area contributed by atoms with Crippen molar-refractivity contribution < 1.29 is 0 Å². The monoisotopic (exact) mass is 159 g/mol. The molecule has 0 saturated heterocycles. The Kier molecular flexibility index (Phi) is 9.25. The topological polar surface area (TPSA) is 12.0 Å². The van der Waals surface area contributed by atoms with Crippen molar-refractivity contribution >= 4 is 14.0 Å². The molecule has 2 heteroatoms. The molecule has 0 aromatic carbocycles. The Morgan fingerprint density at radius 3 is 2.80 bits per heavy atom. The minimum absolute atomic E-state index is 1.08. The van der Waals surface area contributed by atoms with Gasteiger partial charge in [-0.25, -0.2) is 0 Å². The van der Waals surface area contributed by atoms with Crippen molar-refractivity contribution in [2.24, 2.45) is 0 Å². The first kappa shape index (κ1) is 10.1. The number of unbranched alkanes of at least 4 members (excludes halogenated alkanes) is 1.